The van der Waals surface area contributed by atoms with Crippen LogP contribution in [0.1, 0.15) is 56.1 Å². The summed E-state index contributed by atoms with van der Waals surface area (Å²) in [5.41, 5.74) is 2.81. The van der Waals surface area contributed by atoms with Crippen LogP contribution in [0.2, 0.25) is 0 Å². The maximum Gasteiger partial charge on any atom is 0.320 e. The summed E-state index contributed by atoms with van der Waals surface area (Å²) in [6.07, 6.45) is 5.90. The molecule has 0 radical (unpaired) electrons. The average molecular weight is 328 g/mol. The summed E-state index contributed by atoms with van der Waals surface area (Å²) in [6.45, 7) is 5.88. The third kappa shape index (κ3) is 2.71. The average Bonchev–Trinajstić information content (AvgIpc) is 3.04. The van der Waals surface area contributed by atoms with Crippen molar-refractivity contribution in [3.8, 4) is 0 Å². The predicted molar refractivity (Wildman–Crippen MR) is 94.0 cm³/mol. The predicted octanol–water partition coefficient (Wildman–Crippen LogP) is 3.76. The summed E-state index contributed by atoms with van der Waals surface area (Å²) in [5.74, 6) is 0.516. The van der Waals surface area contributed by atoms with Gasteiger partial charge in [0.25, 0.3) is 0 Å². The minimum absolute atomic E-state index is 0.0494. The fourth-order valence-electron chi connectivity index (χ4n) is 4.99. The molecule has 1 saturated heterocycles. The van der Waals surface area contributed by atoms with E-state index in [0.29, 0.717) is 19.1 Å². The standard InChI is InChI=1S/C20H28N2O2/c1-16-14-20(8-4-5-9-20)22(15-17-6-2-3-7-18(16)17)19(23)21-10-12-24-13-11-21/h2-3,6-7,16H,4-5,8-15H2,1H3/t16-/m1/s1. The van der Waals surface area contributed by atoms with E-state index >= 15 is 0 Å². The van der Waals surface area contributed by atoms with E-state index < -0.39 is 0 Å². The first kappa shape index (κ1) is 15.9. The second kappa shape index (κ2) is 6.40. The molecule has 1 spiro atoms. The molecular formula is C20H28N2O2. The Morgan fingerprint density at radius 3 is 2.62 bits per heavy atom. The van der Waals surface area contributed by atoms with Crippen LogP contribution in [0, 0.1) is 0 Å². The molecule has 4 rings (SSSR count). The Kier molecular flexibility index (Phi) is 4.25. The Morgan fingerprint density at radius 1 is 1.17 bits per heavy atom. The van der Waals surface area contributed by atoms with E-state index in [1.54, 1.807) is 0 Å². The van der Waals surface area contributed by atoms with Gasteiger partial charge >= 0.3 is 6.03 Å². The van der Waals surface area contributed by atoms with E-state index in [1.807, 2.05) is 4.90 Å². The van der Waals surface area contributed by atoms with Gasteiger partial charge in [0.1, 0.15) is 0 Å². The highest BCUT2D eigenvalue weighted by Gasteiger charge is 2.46. The van der Waals surface area contributed by atoms with Crippen molar-refractivity contribution >= 4 is 6.03 Å². The fraction of sp³-hybridized carbons (Fsp3) is 0.650. The molecule has 0 N–H and O–H groups in total. The van der Waals surface area contributed by atoms with Crippen LogP contribution in [0.4, 0.5) is 4.79 Å². The van der Waals surface area contributed by atoms with Crippen molar-refractivity contribution in [2.75, 3.05) is 26.3 Å². The van der Waals surface area contributed by atoms with Gasteiger partial charge in [0.15, 0.2) is 0 Å². The topological polar surface area (TPSA) is 32.8 Å². The van der Waals surface area contributed by atoms with Crippen LogP contribution in [-0.2, 0) is 11.3 Å². The highest BCUT2D eigenvalue weighted by molar-refractivity contribution is 5.76. The molecule has 1 aliphatic carbocycles. The van der Waals surface area contributed by atoms with E-state index in [0.717, 1.165) is 38.9 Å². The van der Waals surface area contributed by atoms with Crippen molar-refractivity contribution in [3.63, 3.8) is 0 Å². The molecule has 1 aromatic rings. The second-order valence-corrected chi connectivity index (χ2v) is 7.70. The highest BCUT2D eigenvalue weighted by Crippen LogP contribution is 2.46. The molecule has 1 aromatic carbocycles. The normalized spacial score (nSPS) is 26.3. The molecule has 2 aliphatic heterocycles. The zero-order chi connectivity index (χ0) is 16.6. The zero-order valence-corrected chi connectivity index (χ0v) is 14.7. The van der Waals surface area contributed by atoms with Gasteiger partial charge in [-0.25, -0.2) is 4.79 Å². The lowest BCUT2D eigenvalue weighted by molar-refractivity contribution is 0.0238. The third-order valence-corrected chi connectivity index (χ3v) is 6.22. The maximum atomic E-state index is 13.4. The molecule has 3 aliphatic rings. The first-order valence-electron chi connectivity index (χ1n) is 9.42. The Morgan fingerprint density at radius 2 is 1.88 bits per heavy atom. The van der Waals surface area contributed by atoms with E-state index in [2.05, 4.69) is 36.1 Å². The Labute approximate surface area is 144 Å². The number of hydrogen-bond donors (Lipinski definition) is 0. The summed E-state index contributed by atoms with van der Waals surface area (Å²) in [6, 6.07) is 8.93. The number of fused-ring (bicyclic) bond motifs is 1. The molecule has 0 unspecified atom stereocenters. The molecule has 1 atom stereocenters. The van der Waals surface area contributed by atoms with Gasteiger partial charge in [-0.3, -0.25) is 0 Å². The maximum absolute atomic E-state index is 13.4. The molecule has 0 aromatic heterocycles. The van der Waals surface area contributed by atoms with Crippen LogP contribution in [0.5, 0.6) is 0 Å². The fourth-order valence-corrected chi connectivity index (χ4v) is 4.99. The zero-order valence-electron chi connectivity index (χ0n) is 14.7. The SMILES string of the molecule is C[C@@H]1CC2(CCCC2)N(C(=O)N2CCOCC2)Cc2ccccc21. The number of carbonyl (C=O) groups is 1. The minimum Gasteiger partial charge on any atom is -0.378 e. The smallest absolute Gasteiger partial charge is 0.320 e. The third-order valence-electron chi connectivity index (χ3n) is 6.22. The molecule has 24 heavy (non-hydrogen) atoms. The molecule has 4 nitrogen and oxygen atoms in total. The number of nitrogens with zero attached hydrogens (tertiary/aromatic N) is 2. The Balaban J connectivity index is 1.69. The van der Waals surface area contributed by atoms with E-state index in [-0.39, 0.29) is 11.6 Å². The van der Waals surface area contributed by atoms with Gasteiger partial charge < -0.3 is 14.5 Å². The van der Waals surface area contributed by atoms with Crippen LogP contribution in [0.15, 0.2) is 24.3 Å². The summed E-state index contributed by atoms with van der Waals surface area (Å²) in [5, 5.41) is 0. The van der Waals surface area contributed by atoms with Crippen molar-refractivity contribution in [2.24, 2.45) is 0 Å². The number of morpholine rings is 1. The highest BCUT2D eigenvalue weighted by atomic mass is 16.5. The van der Waals surface area contributed by atoms with Gasteiger partial charge in [0.05, 0.1) is 13.2 Å². The Hall–Kier alpha value is -1.55. The van der Waals surface area contributed by atoms with Crippen molar-refractivity contribution in [2.45, 2.75) is 57.0 Å². The number of urea groups is 1. The quantitative estimate of drug-likeness (QED) is 0.726. The molecule has 2 fully saturated rings. The van der Waals surface area contributed by atoms with Crippen LogP contribution >= 0.6 is 0 Å². The summed E-state index contributed by atoms with van der Waals surface area (Å²) < 4.78 is 5.44. The second-order valence-electron chi connectivity index (χ2n) is 7.70. The van der Waals surface area contributed by atoms with Crippen molar-refractivity contribution in [1.29, 1.82) is 0 Å². The molecular weight excluding hydrogens is 300 g/mol. The van der Waals surface area contributed by atoms with Crippen LogP contribution in [-0.4, -0.2) is 47.7 Å². The molecule has 0 bridgehead atoms. The monoisotopic (exact) mass is 328 g/mol. The van der Waals surface area contributed by atoms with Gasteiger partial charge in [-0.05, 0) is 36.3 Å². The van der Waals surface area contributed by atoms with Crippen LogP contribution in [0.25, 0.3) is 0 Å². The van der Waals surface area contributed by atoms with E-state index in [4.69, 9.17) is 4.74 Å². The minimum atomic E-state index is 0.0494. The van der Waals surface area contributed by atoms with Crippen LogP contribution in [0.3, 0.4) is 0 Å². The van der Waals surface area contributed by atoms with Crippen molar-refractivity contribution < 1.29 is 9.53 Å². The lowest BCUT2D eigenvalue weighted by atomic mass is 9.83. The lowest BCUT2D eigenvalue weighted by Crippen LogP contribution is -2.56. The molecule has 2 amide bonds. The number of hydrogen-bond acceptors (Lipinski definition) is 2. The van der Waals surface area contributed by atoms with Crippen molar-refractivity contribution in [1.82, 2.24) is 9.80 Å². The lowest BCUT2D eigenvalue weighted by Gasteiger charge is -2.44. The number of carbonyl (C=O) groups excluding carboxylic acids is 1. The summed E-state index contributed by atoms with van der Waals surface area (Å²) >= 11 is 0. The van der Waals surface area contributed by atoms with Gasteiger partial charge in [-0.15, -0.1) is 0 Å². The number of amides is 2. The number of benzene rings is 1. The van der Waals surface area contributed by atoms with Gasteiger partial charge in [0, 0.05) is 25.2 Å². The number of ether oxygens (including phenoxy) is 1. The van der Waals surface area contributed by atoms with E-state index in [9.17, 15) is 4.79 Å². The summed E-state index contributed by atoms with van der Waals surface area (Å²) in [7, 11) is 0. The summed E-state index contributed by atoms with van der Waals surface area (Å²) in [4.78, 5) is 17.6. The molecule has 2 heterocycles. The van der Waals surface area contributed by atoms with Gasteiger partial charge in [-0.2, -0.15) is 0 Å². The largest absolute Gasteiger partial charge is 0.378 e. The van der Waals surface area contributed by atoms with E-state index in [1.165, 1.54) is 24.0 Å². The number of rotatable bonds is 0. The first-order chi connectivity index (χ1) is 11.7. The Bertz CT molecular complexity index is 603. The van der Waals surface area contributed by atoms with Gasteiger partial charge in [-0.1, -0.05) is 44.0 Å². The molecule has 130 valence electrons. The van der Waals surface area contributed by atoms with Gasteiger partial charge in [0.2, 0.25) is 0 Å². The molecule has 1 saturated carbocycles. The molecule has 4 heteroatoms. The van der Waals surface area contributed by atoms with Crippen molar-refractivity contribution in [3.05, 3.63) is 35.4 Å². The first-order valence-corrected chi connectivity index (χ1v) is 9.42. The van der Waals surface area contributed by atoms with Crippen LogP contribution < -0.4 is 0 Å².